The smallest absolute Gasteiger partial charge is 0.321 e. The summed E-state index contributed by atoms with van der Waals surface area (Å²) in [5, 5.41) is 5.11. The SMILES string of the molecule is C[C@@H](C(=O)NC(=O)NCc1ccccc1)N1CCCCC1. The lowest BCUT2D eigenvalue weighted by atomic mass is 10.1. The van der Waals surface area contributed by atoms with Crippen molar-refractivity contribution in [1.29, 1.82) is 0 Å². The Kier molecular flexibility index (Phi) is 5.75. The van der Waals surface area contributed by atoms with Gasteiger partial charge in [-0.3, -0.25) is 15.0 Å². The first kappa shape index (κ1) is 15.5. The molecular weight excluding hydrogens is 266 g/mol. The van der Waals surface area contributed by atoms with Crippen LogP contribution in [0.5, 0.6) is 0 Å². The van der Waals surface area contributed by atoms with Crippen LogP contribution in [0.3, 0.4) is 0 Å². The molecule has 0 saturated carbocycles. The van der Waals surface area contributed by atoms with Crippen molar-refractivity contribution in [3.05, 3.63) is 35.9 Å². The Labute approximate surface area is 125 Å². The normalized spacial score (nSPS) is 17.0. The van der Waals surface area contributed by atoms with Crippen LogP contribution in [0, 0.1) is 0 Å². The zero-order valence-electron chi connectivity index (χ0n) is 12.5. The fourth-order valence-corrected chi connectivity index (χ4v) is 2.51. The van der Waals surface area contributed by atoms with E-state index in [0.717, 1.165) is 31.5 Å². The van der Waals surface area contributed by atoms with E-state index in [2.05, 4.69) is 15.5 Å². The monoisotopic (exact) mass is 289 g/mol. The average molecular weight is 289 g/mol. The molecule has 0 unspecified atom stereocenters. The van der Waals surface area contributed by atoms with Gasteiger partial charge in [-0.2, -0.15) is 0 Å². The first-order valence-corrected chi connectivity index (χ1v) is 7.53. The molecule has 0 bridgehead atoms. The van der Waals surface area contributed by atoms with Crippen LogP contribution >= 0.6 is 0 Å². The Bertz CT molecular complexity index is 470. The first-order valence-electron chi connectivity index (χ1n) is 7.53. The predicted octanol–water partition coefficient (Wildman–Crippen LogP) is 1.89. The molecule has 1 saturated heterocycles. The van der Waals surface area contributed by atoms with Crippen molar-refractivity contribution >= 4 is 11.9 Å². The van der Waals surface area contributed by atoms with Crippen LogP contribution in [0.2, 0.25) is 0 Å². The van der Waals surface area contributed by atoms with Gasteiger partial charge >= 0.3 is 6.03 Å². The van der Waals surface area contributed by atoms with Crippen LogP contribution in [0.1, 0.15) is 31.7 Å². The van der Waals surface area contributed by atoms with Gasteiger partial charge in [0.05, 0.1) is 6.04 Å². The lowest BCUT2D eigenvalue weighted by Crippen LogP contribution is -2.50. The zero-order valence-corrected chi connectivity index (χ0v) is 12.5. The van der Waals surface area contributed by atoms with E-state index in [1.54, 1.807) is 0 Å². The number of hydrogen-bond acceptors (Lipinski definition) is 3. The number of carbonyl (C=O) groups is 2. The van der Waals surface area contributed by atoms with Crippen molar-refractivity contribution in [2.45, 2.75) is 38.8 Å². The second-order valence-corrected chi connectivity index (χ2v) is 5.43. The fraction of sp³-hybridized carbons (Fsp3) is 0.500. The highest BCUT2D eigenvalue weighted by atomic mass is 16.2. The molecule has 1 fully saturated rings. The standard InChI is InChI=1S/C16H23N3O2/c1-13(19-10-6-3-7-11-19)15(20)18-16(21)17-12-14-8-4-2-5-9-14/h2,4-5,8-9,13H,3,6-7,10-12H2,1H3,(H2,17,18,20,21)/t13-/m0/s1. The van der Waals surface area contributed by atoms with Crippen molar-refractivity contribution in [3.8, 4) is 0 Å². The van der Waals surface area contributed by atoms with Crippen LogP contribution in [0.25, 0.3) is 0 Å². The van der Waals surface area contributed by atoms with Crippen molar-refractivity contribution in [2.24, 2.45) is 0 Å². The summed E-state index contributed by atoms with van der Waals surface area (Å²) in [6, 6.07) is 8.92. The van der Waals surface area contributed by atoms with Crippen molar-refractivity contribution < 1.29 is 9.59 Å². The van der Waals surface area contributed by atoms with E-state index in [4.69, 9.17) is 0 Å². The van der Waals surface area contributed by atoms with Crippen molar-refractivity contribution in [3.63, 3.8) is 0 Å². The van der Waals surface area contributed by atoms with Gasteiger partial charge in [-0.25, -0.2) is 4.79 Å². The number of hydrogen-bond donors (Lipinski definition) is 2. The molecule has 1 aromatic carbocycles. The molecule has 1 aliphatic heterocycles. The minimum atomic E-state index is -0.437. The summed E-state index contributed by atoms with van der Waals surface area (Å²) in [6.45, 7) is 4.13. The van der Waals surface area contributed by atoms with Crippen molar-refractivity contribution in [1.82, 2.24) is 15.5 Å². The zero-order chi connectivity index (χ0) is 15.1. The number of amides is 3. The summed E-state index contributed by atoms with van der Waals surface area (Å²) >= 11 is 0. The number of carbonyl (C=O) groups excluding carboxylic acids is 2. The Morgan fingerprint density at radius 2 is 1.81 bits per heavy atom. The second kappa shape index (κ2) is 7.78. The number of piperidine rings is 1. The second-order valence-electron chi connectivity index (χ2n) is 5.43. The van der Waals surface area contributed by atoms with E-state index >= 15 is 0 Å². The highest BCUT2D eigenvalue weighted by Gasteiger charge is 2.23. The molecular formula is C16H23N3O2. The van der Waals surface area contributed by atoms with Crippen LogP contribution in [0.4, 0.5) is 4.79 Å². The molecule has 1 aliphatic rings. The number of nitrogens with zero attached hydrogens (tertiary/aromatic N) is 1. The molecule has 114 valence electrons. The summed E-state index contributed by atoms with van der Waals surface area (Å²) in [6.07, 6.45) is 3.47. The number of urea groups is 1. The maximum absolute atomic E-state index is 12.1. The topological polar surface area (TPSA) is 61.4 Å². The molecule has 0 aromatic heterocycles. The molecule has 3 amide bonds. The third kappa shape index (κ3) is 4.86. The molecule has 1 atom stereocenters. The van der Waals surface area contributed by atoms with Crippen LogP contribution < -0.4 is 10.6 Å². The van der Waals surface area contributed by atoms with Gasteiger partial charge in [0.25, 0.3) is 0 Å². The van der Waals surface area contributed by atoms with Gasteiger partial charge in [0.1, 0.15) is 0 Å². The molecule has 2 N–H and O–H groups in total. The van der Waals surface area contributed by atoms with Gasteiger partial charge in [-0.05, 0) is 38.4 Å². The maximum Gasteiger partial charge on any atom is 0.321 e. The van der Waals surface area contributed by atoms with Crippen LogP contribution in [-0.2, 0) is 11.3 Å². The lowest BCUT2D eigenvalue weighted by Gasteiger charge is -2.31. The van der Waals surface area contributed by atoms with E-state index in [-0.39, 0.29) is 11.9 Å². The summed E-state index contributed by atoms with van der Waals surface area (Å²) in [7, 11) is 0. The molecule has 0 aliphatic carbocycles. The highest BCUT2D eigenvalue weighted by molar-refractivity contribution is 5.96. The van der Waals surface area contributed by atoms with Gasteiger partial charge in [0, 0.05) is 6.54 Å². The molecule has 2 rings (SSSR count). The van der Waals surface area contributed by atoms with Gasteiger partial charge in [-0.1, -0.05) is 36.8 Å². The van der Waals surface area contributed by atoms with Gasteiger partial charge < -0.3 is 5.32 Å². The van der Waals surface area contributed by atoms with Gasteiger partial charge in [0.2, 0.25) is 5.91 Å². The van der Waals surface area contributed by atoms with E-state index in [1.165, 1.54) is 6.42 Å². The molecule has 5 heteroatoms. The Morgan fingerprint density at radius 1 is 1.14 bits per heavy atom. The third-order valence-corrected chi connectivity index (χ3v) is 3.85. The number of likely N-dealkylation sites (tertiary alicyclic amines) is 1. The average Bonchev–Trinajstić information content (AvgIpc) is 2.54. The molecule has 0 spiro atoms. The summed E-state index contributed by atoms with van der Waals surface area (Å²) in [5.41, 5.74) is 1.00. The van der Waals surface area contributed by atoms with Crippen molar-refractivity contribution in [2.75, 3.05) is 13.1 Å². The largest absolute Gasteiger partial charge is 0.334 e. The van der Waals surface area contributed by atoms with E-state index in [9.17, 15) is 9.59 Å². The van der Waals surface area contributed by atoms with E-state index in [0.29, 0.717) is 6.54 Å². The Balaban J connectivity index is 1.75. The number of rotatable bonds is 4. The molecule has 5 nitrogen and oxygen atoms in total. The minimum Gasteiger partial charge on any atom is -0.334 e. The lowest BCUT2D eigenvalue weighted by molar-refractivity contribution is -0.125. The van der Waals surface area contributed by atoms with Gasteiger partial charge in [0.15, 0.2) is 0 Å². The first-order chi connectivity index (χ1) is 10.2. The summed E-state index contributed by atoms with van der Waals surface area (Å²) in [4.78, 5) is 25.9. The molecule has 1 heterocycles. The Morgan fingerprint density at radius 3 is 2.48 bits per heavy atom. The molecule has 1 aromatic rings. The number of imide groups is 1. The molecule has 21 heavy (non-hydrogen) atoms. The van der Waals surface area contributed by atoms with E-state index < -0.39 is 6.03 Å². The summed E-state index contributed by atoms with van der Waals surface area (Å²) in [5.74, 6) is -0.234. The maximum atomic E-state index is 12.1. The quantitative estimate of drug-likeness (QED) is 0.890. The summed E-state index contributed by atoms with van der Waals surface area (Å²) < 4.78 is 0. The van der Waals surface area contributed by atoms with Crippen LogP contribution in [0.15, 0.2) is 30.3 Å². The number of benzene rings is 1. The fourth-order valence-electron chi connectivity index (χ4n) is 2.51. The molecule has 0 radical (unpaired) electrons. The highest BCUT2D eigenvalue weighted by Crippen LogP contribution is 2.11. The number of nitrogens with one attached hydrogen (secondary N) is 2. The Hall–Kier alpha value is -1.88. The van der Waals surface area contributed by atoms with Gasteiger partial charge in [-0.15, -0.1) is 0 Å². The third-order valence-electron chi connectivity index (χ3n) is 3.85. The minimum absolute atomic E-state index is 0.234. The van der Waals surface area contributed by atoms with Crippen LogP contribution in [-0.4, -0.2) is 36.0 Å². The van der Waals surface area contributed by atoms with E-state index in [1.807, 2.05) is 37.3 Å². The predicted molar refractivity (Wildman–Crippen MR) is 81.7 cm³/mol.